The lowest BCUT2D eigenvalue weighted by molar-refractivity contribution is -0.337. The van der Waals surface area contributed by atoms with Gasteiger partial charge in [0.2, 0.25) is 0 Å². The maximum atomic E-state index is 9.92. The molecule has 13 heavy (non-hydrogen) atoms. The standard InChI is InChI=1S/C10H16O3/c1-5-6-3-8(11)10(2)7(6)4-12-9(5)13-10/h5-9,11H,3-4H2,1-2H3. The smallest absolute Gasteiger partial charge is 0.161 e. The summed E-state index contributed by atoms with van der Waals surface area (Å²) in [4.78, 5) is 0. The van der Waals surface area contributed by atoms with Gasteiger partial charge in [-0.25, -0.2) is 0 Å². The Morgan fingerprint density at radius 1 is 1.46 bits per heavy atom. The molecule has 0 amide bonds. The summed E-state index contributed by atoms with van der Waals surface area (Å²) in [6.45, 7) is 4.97. The molecule has 3 saturated heterocycles. The summed E-state index contributed by atoms with van der Waals surface area (Å²) in [5.41, 5.74) is -0.319. The van der Waals surface area contributed by atoms with E-state index in [9.17, 15) is 5.11 Å². The van der Waals surface area contributed by atoms with Crippen molar-refractivity contribution in [3.8, 4) is 0 Å². The molecule has 0 aromatic carbocycles. The molecule has 0 aromatic heterocycles. The molecule has 0 radical (unpaired) electrons. The molecule has 3 aliphatic heterocycles. The fourth-order valence-corrected chi connectivity index (χ4v) is 3.31. The Hall–Kier alpha value is -0.120. The SMILES string of the molecule is CC1C2OCC3C1CC(O)C3(C)O2. The first-order valence-corrected chi connectivity index (χ1v) is 5.10. The molecule has 3 heteroatoms. The zero-order chi connectivity index (χ0) is 9.22. The average molecular weight is 184 g/mol. The van der Waals surface area contributed by atoms with Crippen LogP contribution in [0.3, 0.4) is 0 Å². The van der Waals surface area contributed by atoms with Crippen molar-refractivity contribution in [2.24, 2.45) is 17.8 Å². The monoisotopic (exact) mass is 184 g/mol. The fraction of sp³-hybridized carbons (Fsp3) is 1.00. The second-order valence-corrected chi connectivity index (χ2v) is 4.88. The van der Waals surface area contributed by atoms with Crippen molar-refractivity contribution in [2.45, 2.75) is 38.3 Å². The van der Waals surface area contributed by atoms with Crippen LogP contribution in [0, 0.1) is 17.8 Å². The molecule has 1 aliphatic carbocycles. The van der Waals surface area contributed by atoms with Crippen molar-refractivity contribution in [2.75, 3.05) is 6.61 Å². The van der Waals surface area contributed by atoms with E-state index in [2.05, 4.69) is 6.92 Å². The fourth-order valence-electron chi connectivity index (χ4n) is 3.31. The minimum Gasteiger partial charge on any atom is -0.390 e. The molecule has 74 valence electrons. The number of aliphatic hydroxyl groups excluding tert-OH is 1. The quantitative estimate of drug-likeness (QED) is 0.604. The molecule has 0 spiro atoms. The van der Waals surface area contributed by atoms with Gasteiger partial charge in [0.1, 0.15) is 0 Å². The van der Waals surface area contributed by atoms with Gasteiger partial charge in [-0.05, 0) is 19.3 Å². The van der Waals surface area contributed by atoms with Crippen LogP contribution in [0.15, 0.2) is 0 Å². The Morgan fingerprint density at radius 3 is 2.92 bits per heavy atom. The normalized spacial score (nSPS) is 64.4. The van der Waals surface area contributed by atoms with Crippen molar-refractivity contribution in [3.05, 3.63) is 0 Å². The zero-order valence-corrected chi connectivity index (χ0v) is 8.06. The lowest BCUT2D eigenvalue weighted by atomic mass is 9.76. The van der Waals surface area contributed by atoms with Gasteiger partial charge in [0.25, 0.3) is 0 Å². The first-order valence-electron chi connectivity index (χ1n) is 5.10. The van der Waals surface area contributed by atoms with Gasteiger partial charge in [-0.15, -0.1) is 0 Å². The van der Waals surface area contributed by atoms with Gasteiger partial charge in [-0.2, -0.15) is 0 Å². The molecule has 1 N–H and O–H groups in total. The molecule has 6 unspecified atom stereocenters. The van der Waals surface area contributed by atoms with Crippen LogP contribution in [0.1, 0.15) is 20.3 Å². The topological polar surface area (TPSA) is 38.7 Å². The van der Waals surface area contributed by atoms with Gasteiger partial charge in [0, 0.05) is 11.8 Å². The van der Waals surface area contributed by atoms with E-state index in [0.717, 1.165) is 13.0 Å². The van der Waals surface area contributed by atoms with E-state index in [1.807, 2.05) is 6.92 Å². The number of fused-ring (bicyclic) bond motifs is 1. The Bertz CT molecular complexity index is 242. The third kappa shape index (κ3) is 0.808. The first-order chi connectivity index (χ1) is 6.13. The number of ether oxygens (including phenoxy) is 2. The molecule has 4 aliphatic rings. The molecule has 1 saturated carbocycles. The average Bonchev–Trinajstić information content (AvgIpc) is 2.32. The van der Waals surface area contributed by atoms with Crippen LogP contribution >= 0.6 is 0 Å². The summed E-state index contributed by atoms with van der Waals surface area (Å²) in [6.07, 6.45) is 0.526. The highest BCUT2D eigenvalue weighted by molar-refractivity contribution is 5.08. The maximum absolute atomic E-state index is 9.92. The van der Waals surface area contributed by atoms with E-state index in [1.54, 1.807) is 0 Å². The van der Waals surface area contributed by atoms with Crippen molar-refractivity contribution >= 4 is 0 Å². The van der Waals surface area contributed by atoms with Gasteiger partial charge < -0.3 is 14.6 Å². The summed E-state index contributed by atoms with van der Waals surface area (Å²) in [7, 11) is 0. The minimum absolute atomic E-state index is 0.0721. The summed E-state index contributed by atoms with van der Waals surface area (Å²) >= 11 is 0. The largest absolute Gasteiger partial charge is 0.390 e. The van der Waals surface area contributed by atoms with E-state index in [4.69, 9.17) is 9.47 Å². The lowest BCUT2D eigenvalue weighted by Gasteiger charge is -2.51. The molecule has 0 aromatic rings. The third-order valence-electron chi connectivity index (χ3n) is 4.32. The highest BCUT2D eigenvalue weighted by Crippen LogP contribution is 2.55. The molecule has 4 fully saturated rings. The van der Waals surface area contributed by atoms with Gasteiger partial charge >= 0.3 is 0 Å². The molecule has 3 nitrogen and oxygen atoms in total. The molecule has 3 heterocycles. The molecular weight excluding hydrogens is 168 g/mol. The van der Waals surface area contributed by atoms with E-state index >= 15 is 0 Å². The van der Waals surface area contributed by atoms with Crippen LogP contribution in [0.2, 0.25) is 0 Å². The van der Waals surface area contributed by atoms with Crippen LogP contribution < -0.4 is 0 Å². The first kappa shape index (κ1) is 8.21. The lowest BCUT2D eigenvalue weighted by Crippen LogP contribution is -2.59. The van der Waals surface area contributed by atoms with Crippen molar-refractivity contribution in [3.63, 3.8) is 0 Å². The molecular formula is C10H16O3. The van der Waals surface area contributed by atoms with E-state index < -0.39 is 0 Å². The Morgan fingerprint density at radius 2 is 2.23 bits per heavy atom. The van der Waals surface area contributed by atoms with Gasteiger partial charge in [0.05, 0.1) is 18.3 Å². The maximum Gasteiger partial charge on any atom is 0.161 e. The Labute approximate surface area is 78.0 Å². The van der Waals surface area contributed by atoms with Gasteiger partial charge in [-0.3, -0.25) is 0 Å². The van der Waals surface area contributed by atoms with Crippen molar-refractivity contribution in [1.29, 1.82) is 0 Å². The number of hydrogen-bond donors (Lipinski definition) is 1. The number of hydrogen-bond acceptors (Lipinski definition) is 3. The van der Waals surface area contributed by atoms with Crippen molar-refractivity contribution in [1.82, 2.24) is 0 Å². The Kier molecular flexibility index (Phi) is 1.43. The van der Waals surface area contributed by atoms with E-state index in [0.29, 0.717) is 17.8 Å². The third-order valence-corrected chi connectivity index (χ3v) is 4.32. The van der Waals surface area contributed by atoms with Crippen LogP contribution in [0.5, 0.6) is 0 Å². The number of rotatable bonds is 0. The molecule has 4 rings (SSSR count). The van der Waals surface area contributed by atoms with Crippen LogP contribution in [0.25, 0.3) is 0 Å². The second-order valence-electron chi connectivity index (χ2n) is 4.88. The predicted octanol–water partition coefficient (Wildman–Crippen LogP) is 0.765. The molecule has 6 atom stereocenters. The number of aliphatic hydroxyl groups is 1. The summed E-state index contributed by atoms with van der Waals surface area (Å²) < 4.78 is 11.4. The van der Waals surface area contributed by atoms with Crippen molar-refractivity contribution < 1.29 is 14.6 Å². The highest BCUT2D eigenvalue weighted by atomic mass is 16.7. The van der Waals surface area contributed by atoms with Gasteiger partial charge in [0.15, 0.2) is 6.29 Å². The summed E-state index contributed by atoms with van der Waals surface area (Å²) in [6, 6.07) is 0. The van der Waals surface area contributed by atoms with Gasteiger partial charge in [-0.1, -0.05) is 6.92 Å². The van der Waals surface area contributed by atoms with Crippen LogP contribution in [-0.2, 0) is 9.47 Å². The summed E-state index contributed by atoms with van der Waals surface area (Å²) in [5, 5.41) is 9.92. The van der Waals surface area contributed by atoms with Crippen LogP contribution in [-0.4, -0.2) is 29.7 Å². The summed E-state index contributed by atoms with van der Waals surface area (Å²) in [5.74, 6) is 1.46. The second kappa shape index (κ2) is 2.27. The van der Waals surface area contributed by atoms with Crippen LogP contribution in [0.4, 0.5) is 0 Å². The predicted molar refractivity (Wildman–Crippen MR) is 46.0 cm³/mol. The van der Waals surface area contributed by atoms with E-state index in [-0.39, 0.29) is 18.0 Å². The molecule has 4 bridgehead atoms. The highest BCUT2D eigenvalue weighted by Gasteiger charge is 2.63. The zero-order valence-electron chi connectivity index (χ0n) is 8.06. The van der Waals surface area contributed by atoms with E-state index in [1.165, 1.54) is 0 Å². The minimum atomic E-state index is -0.319. The Balaban J connectivity index is 2.02.